The van der Waals surface area contributed by atoms with Gasteiger partial charge in [0.25, 0.3) is 0 Å². The van der Waals surface area contributed by atoms with Gasteiger partial charge in [-0.25, -0.2) is 0 Å². The summed E-state index contributed by atoms with van der Waals surface area (Å²) in [7, 11) is -2.34. The van der Waals surface area contributed by atoms with Crippen LogP contribution >= 0.6 is 0 Å². The van der Waals surface area contributed by atoms with Gasteiger partial charge in [0, 0.05) is 0 Å². The second-order valence-corrected chi connectivity index (χ2v) is 25.5. The molecule has 30 heavy (non-hydrogen) atoms. The topological polar surface area (TPSA) is 9.23 Å². The molecule has 0 atom stereocenters. The molecule has 0 aliphatic carbocycles. The Labute approximate surface area is 191 Å². The van der Waals surface area contributed by atoms with Crippen LogP contribution in [0, 0.1) is 0 Å². The molecule has 0 unspecified atom stereocenters. The molecule has 2 aromatic carbocycles. The van der Waals surface area contributed by atoms with Crippen LogP contribution in [-0.4, -0.2) is 26.7 Å². The Hall–Kier alpha value is -1.00. The molecular weight excluding hydrogens is 487 g/mol. The van der Waals surface area contributed by atoms with Crippen molar-refractivity contribution < 1.29 is 4.43 Å². The van der Waals surface area contributed by atoms with E-state index < -0.39 is 26.7 Å². The van der Waals surface area contributed by atoms with Crippen molar-refractivity contribution in [2.45, 2.75) is 79.2 Å². The molecule has 0 aliphatic rings. The van der Waals surface area contributed by atoms with E-state index in [0.717, 1.165) is 0 Å². The van der Waals surface area contributed by atoms with Gasteiger partial charge < -0.3 is 0 Å². The third kappa shape index (κ3) is 6.50. The third-order valence-corrected chi connectivity index (χ3v) is 25.6. The van der Waals surface area contributed by atoms with Crippen molar-refractivity contribution >= 4 is 37.1 Å². The molecule has 0 spiro atoms. The van der Waals surface area contributed by atoms with E-state index in [1.165, 1.54) is 66.0 Å². The zero-order valence-electron chi connectivity index (χ0n) is 19.8. The van der Waals surface area contributed by atoms with E-state index in [4.69, 9.17) is 11.0 Å². The Bertz CT molecular complexity index is 683. The first kappa shape index (κ1) is 25.3. The van der Waals surface area contributed by atoms with Crippen LogP contribution in [0.5, 0.6) is 0 Å². The monoisotopic (exact) mass is 530 g/mol. The van der Waals surface area contributed by atoms with Gasteiger partial charge in [0.15, 0.2) is 0 Å². The van der Waals surface area contributed by atoms with Crippen LogP contribution in [-0.2, 0) is 4.43 Å². The molecule has 0 fully saturated rings. The molecule has 0 radical (unpaired) electrons. The van der Waals surface area contributed by atoms with Gasteiger partial charge >= 0.3 is 192 Å². The van der Waals surface area contributed by atoms with E-state index in [1.807, 2.05) is 0 Å². The average Bonchev–Trinajstić information content (AvgIpc) is 2.80. The van der Waals surface area contributed by atoms with E-state index in [0.29, 0.717) is 0 Å². The number of hydrogen-bond donors (Lipinski definition) is 0. The summed E-state index contributed by atoms with van der Waals surface area (Å²) in [5, 5.41) is 2.69. The Morgan fingerprint density at radius 1 is 0.733 bits per heavy atom. The maximum atomic E-state index is 7.20. The molecule has 0 aromatic heterocycles. The molecular formula is C27H42OSiSn. The van der Waals surface area contributed by atoms with Crippen molar-refractivity contribution in [1.82, 2.24) is 0 Å². The zero-order chi connectivity index (χ0) is 21.9. The molecule has 0 saturated carbocycles. The third-order valence-electron chi connectivity index (χ3n) is 6.59. The molecule has 0 bridgehead atoms. The molecule has 0 saturated heterocycles. The van der Waals surface area contributed by atoms with E-state index in [1.54, 1.807) is 0 Å². The minimum atomic E-state index is -2.65. The number of unbranched alkanes of at least 4 members (excludes halogenated alkanes) is 3. The van der Waals surface area contributed by atoms with Gasteiger partial charge in [-0.3, -0.25) is 0 Å². The maximum absolute atomic E-state index is 7.20. The van der Waals surface area contributed by atoms with Crippen LogP contribution in [0.1, 0.15) is 59.3 Å². The second-order valence-electron chi connectivity index (χ2n) is 8.88. The fourth-order valence-electron chi connectivity index (χ4n) is 4.49. The van der Waals surface area contributed by atoms with Gasteiger partial charge in [-0.1, -0.05) is 0 Å². The van der Waals surface area contributed by atoms with Crippen molar-refractivity contribution in [2.24, 2.45) is 0 Å². The summed E-state index contributed by atoms with van der Waals surface area (Å²) < 4.78 is 12.7. The first-order valence-corrected chi connectivity index (χ1v) is 21.9. The number of rotatable bonds is 14. The first-order chi connectivity index (χ1) is 14.5. The van der Waals surface area contributed by atoms with Crippen molar-refractivity contribution in [2.75, 3.05) is 0 Å². The molecule has 3 heteroatoms. The van der Waals surface area contributed by atoms with Crippen LogP contribution in [0.3, 0.4) is 0 Å². The van der Waals surface area contributed by atoms with Crippen molar-refractivity contribution in [3.05, 3.63) is 71.0 Å². The summed E-state index contributed by atoms with van der Waals surface area (Å²) in [4.78, 5) is 0. The summed E-state index contributed by atoms with van der Waals surface area (Å²) in [5.41, 5.74) is 0. The van der Waals surface area contributed by atoms with E-state index in [-0.39, 0.29) is 0 Å². The molecule has 164 valence electrons. The SMILES string of the molecule is C=[C](O[Si](C)(c1ccccc1)c1ccccc1)[Sn]([CH2]CCC)([CH2]CCC)[CH2]CCC. The van der Waals surface area contributed by atoms with Crippen molar-refractivity contribution in [3.63, 3.8) is 0 Å². The molecule has 0 aliphatic heterocycles. The molecule has 0 amide bonds. The fraction of sp³-hybridized carbons (Fsp3) is 0.481. The van der Waals surface area contributed by atoms with E-state index in [2.05, 4.69) is 88.0 Å². The molecule has 2 aromatic rings. The normalized spacial score (nSPS) is 12.0. The van der Waals surface area contributed by atoms with Gasteiger partial charge in [0.1, 0.15) is 0 Å². The van der Waals surface area contributed by atoms with Crippen LogP contribution in [0.4, 0.5) is 0 Å². The quantitative estimate of drug-likeness (QED) is 0.184. The van der Waals surface area contributed by atoms with Crippen LogP contribution in [0.2, 0.25) is 19.9 Å². The summed E-state index contributed by atoms with van der Waals surface area (Å²) in [5.74, 6) is 0. The molecule has 2 rings (SSSR count). The Morgan fingerprint density at radius 3 is 1.43 bits per heavy atom. The molecule has 0 N–H and O–H groups in total. The number of benzene rings is 2. The van der Waals surface area contributed by atoms with Gasteiger partial charge in [0.05, 0.1) is 0 Å². The van der Waals surface area contributed by atoms with Crippen LogP contribution in [0.15, 0.2) is 71.0 Å². The molecule has 0 heterocycles. The van der Waals surface area contributed by atoms with Crippen molar-refractivity contribution in [1.29, 1.82) is 0 Å². The number of hydrogen-bond acceptors (Lipinski definition) is 1. The van der Waals surface area contributed by atoms with E-state index >= 15 is 0 Å². The Balaban J connectivity index is 2.45. The van der Waals surface area contributed by atoms with E-state index in [9.17, 15) is 0 Å². The minimum absolute atomic E-state index is 1.25. The first-order valence-electron chi connectivity index (χ1n) is 12.0. The predicted octanol–water partition coefficient (Wildman–Crippen LogP) is 7.29. The second kappa shape index (κ2) is 12.8. The average molecular weight is 529 g/mol. The molecule has 1 nitrogen and oxygen atoms in total. The summed E-state index contributed by atoms with van der Waals surface area (Å²) in [6, 6.07) is 21.8. The zero-order valence-corrected chi connectivity index (χ0v) is 23.6. The van der Waals surface area contributed by atoms with Crippen molar-refractivity contribution in [3.8, 4) is 0 Å². The van der Waals surface area contributed by atoms with Gasteiger partial charge in [-0.2, -0.15) is 0 Å². The van der Waals surface area contributed by atoms with Crippen LogP contribution < -0.4 is 10.4 Å². The van der Waals surface area contributed by atoms with Gasteiger partial charge in [-0.15, -0.1) is 0 Å². The predicted molar refractivity (Wildman–Crippen MR) is 139 cm³/mol. The summed E-state index contributed by atoms with van der Waals surface area (Å²) in [6.45, 7) is 14.1. The van der Waals surface area contributed by atoms with Crippen LogP contribution in [0.25, 0.3) is 0 Å². The summed E-state index contributed by atoms with van der Waals surface area (Å²) in [6.07, 6.45) is 7.82. The summed E-state index contributed by atoms with van der Waals surface area (Å²) >= 11 is -2.65. The standard InChI is InChI=1S/C15H15OSi.3C4H9.Sn/c1-3-16-17(2,14-10-6-4-7-11-14)15-12-8-5-9-13-15;3*1-3-4-2;/h4-13H,1H2,2H3;3*1,3-4H2,2H3;. The Kier molecular flexibility index (Phi) is 10.7. The Morgan fingerprint density at radius 2 is 1.10 bits per heavy atom. The van der Waals surface area contributed by atoms with Gasteiger partial charge in [0.2, 0.25) is 0 Å². The van der Waals surface area contributed by atoms with Gasteiger partial charge in [-0.05, 0) is 0 Å². The fourth-order valence-corrected chi connectivity index (χ4v) is 24.4.